The predicted octanol–water partition coefficient (Wildman–Crippen LogP) is 9.46. The number of hydrogen-bond acceptors (Lipinski definition) is 13. The lowest BCUT2D eigenvalue weighted by Gasteiger charge is -2.35. The number of halogens is 1. The second kappa shape index (κ2) is 13.7. The SMILES string of the molecule is CC(C)(C)OP(=O)(CP(=O)(OC(C)(C)C)OC(C)(C)C)OC[C@H]1O[C@@H](c2csc3c(NC4CCCC4)nc(Cl)nc23)[C@@H]2OC(C)(C)O[C@@H]21. The Hall–Kier alpha value is -0.690. The summed E-state index contributed by atoms with van der Waals surface area (Å²) in [5, 5.41) is 5.70. The number of aromatic nitrogens is 2. The van der Waals surface area contributed by atoms with Crippen LogP contribution in [0.15, 0.2) is 5.38 Å². The summed E-state index contributed by atoms with van der Waals surface area (Å²) in [5.41, 5.74) is -1.14. The predicted molar refractivity (Wildman–Crippen MR) is 188 cm³/mol. The second-order valence-electron chi connectivity index (χ2n) is 16.3. The number of anilines is 1. The van der Waals surface area contributed by atoms with E-state index in [-0.39, 0.29) is 11.9 Å². The normalized spacial score (nSPS) is 26.7. The van der Waals surface area contributed by atoms with Crippen molar-refractivity contribution in [3.63, 3.8) is 0 Å². The van der Waals surface area contributed by atoms with Crippen molar-refractivity contribution in [1.82, 2.24) is 9.97 Å². The van der Waals surface area contributed by atoms with Crippen LogP contribution in [0.25, 0.3) is 10.2 Å². The molecule has 0 spiro atoms. The zero-order valence-electron chi connectivity index (χ0n) is 30.0. The molecule has 1 saturated carbocycles. The average Bonchev–Trinajstić information content (AvgIpc) is 3.63. The van der Waals surface area contributed by atoms with Gasteiger partial charge in [0.15, 0.2) is 11.7 Å². The standard InChI is InChI=1S/C32H52ClN3O9P2S/c1-29(2,3)43-46(37,18-47(38,44-30(4,5)6)45-31(7,8)9)39-16-21-24-25(42-32(10,11)41-24)23(40-21)20-17-48-26-22(20)35-28(33)36-27(26)34-19-14-12-13-15-19/h17,19,21,23-25H,12-16,18H2,1-11H3,(H,34,35,36)/t21-,23+,24-,25+,46?/m1/s1. The van der Waals surface area contributed by atoms with Crippen molar-refractivity contribution >= 4 is 54.2 Å². The van der Waals surface area contributed by atoms with Crippen LogP contribution in [0.4, 0.5) is 5.82 Å². The van der Waals surface area contributed by atoms with E-state index in [4.69, 9.17) is 43.9 Å². The highest BCUT2D eigenvalue weighted by Gasteiger charge is 2.57. The van der Waals surface area contributed by atoms with Crippen LogP contribution in [0, 0.1) is 0 Å². The summed E-state index contributed by atoms with van der Waals surface area (Å²) < 4.78 is 73.1. The van der Waals surface area contributed by atoms with E-state index in [1.54, 1.807) is 62.3 Å². The molecule has 48 heavy (non-hydrogen) atoms. The minimum Gasteiger partial charge on any atom is -0.366 e. The van der Waals surface area contributed by atoms with Crippen molar-refractivity contribution in [2.45, 2.75) is 155 Å². The molecule has 3 aliphatic rings. The van der Waals surface area contributed by atoms with Crippen LogP contribution in [0.1, 0.15) is 114 Å². The van der Waals surface area contributed by atoms with Crippen LogP contribution >= 0.6 is 38.1 Å². The molecule has 1 N–H and O–H groups in total. The van der Waals surface area contributed by atoms with Crippen molar-refractivity contribution in [1.29, 1.82) is 0 Å². The summed E-state index contributed by atoms with van der Waals surface area (Å²) in [6.45, 7) is 19.3. The van der Waals surface area contributed by atoms with Gasteiger partial charge in [0.25, 0.3) is 0 Å². The van der Waals surface area contributed by atoms with Gasteiger partial charge in [-0.1, -0.05) is 12.8 Å². The van der Waals surface area contributed by atoms with Crippen LogP contribution < -0.4 is 5.32 Å². The third-order valence-corrected chi connectivity index (χ3v) is 14.5. The lowest BCUT2D eigenvalue weighted by Crippen LogP contribution is -2.33. The van der Waals surface area contributed by atoms with Gasteiger partial charge in [-0.3, -0.25) is 9.13 Å². The third-order valence-electron chi connectivity index (χ3n) is 7.59. The van der Waals surface area contributed by atoms with Crippen molar-refractivity contribution < 1.29 is 41.4 Å². The minimum absolute atomic E-state index is 0.139. The fourth-order valence-corrected chi connectivity index (χ4v) is 13.2. The fourth-order valence-electron chi connectivity index (χ4n) is 6.36. The number of thiophene rings is 1. The summed E-state index contributed by atoms with van der Waals surface area (Å²) in [7, 11) is -8.15. The molecule has 3 fully saturated rings. The average molecular weight is 752 g/mol. The molecule has 16 heteroatoms. The summed E-state index contributed by atoms with van der Waals surface area (Å²) >= 11 is 7.97. The number of nitrogens with zero attached hydrogens (tertiary/aromatic N) is 2. The molecule has 2 aliphatic heterocycles. The first-order valence-electron chi connectivity index (χ1n) is 16.6. The Bertz CT molecular complexity index is 1540. The molecule has 0 radical (unpaired) electrons. The van der Waals surface area contributed by atoms with Gasteiger partial charge in [-0.2, -0.15) is 4.98 Å². The Morgan fingerprint density at radius 3 is 2.06 bits per heavy atom. The van der Waals surface area contributed by atoms with Gasteiger partial charge in [-0.25, -0.2) is 4.98 Å². The second-order valence-corrected chi connectivity index (χ2v) is 21.9. The van der Waals surface area contributed by atoms with E-state index in [2.05, 4.69) is 15.3 Å². The Balaban J connectivity index is 1.43. The molecule has 0 amide bonds. The Labute approximate surface area is 293 Å². The maximum atomic E-state index is 14.6. The van der Waals surface area contributed by atoms with Crippen LogP contribution in [-0.2, 0) is 41.4 Å². The summed E-state index contributed by atoms with van der Waals surface area (Å²) in [6, 6.07) is 0.342. The highest BCUT2D eigenvalue weighted by atomic mass is 35.5. The van der Waals surface area contributed by atoms with E-state index in [9.17, 15) is 9.13 Å². The lowest BCUT2D eigenvalue weighted by molar-refractivity contribution is -0.190. The first kappa shape index (κ1) is 38.5. The number of hydrogen-bond donors (Lipinski definition) is 1. The van der Waals surface area contributed by atoms with Crippen molar-refractivity contribution in [2.75, 3.05) is 17.8 Å². The quantitative estimate of drug-likeness (QED) is 0.173. The number of rotatable bonds is 11. The van der Waals surface area contributed by atoms with Crippen molar-refractivity contribution in [3.8, 4) is 0 Å². The monoisotopic (exact) mass is 751 g/mol. The molecule has 4 heterocycles. The molecule has 2 aromatic rings. The topological polar surface area (TPSA) is 137 Å². The summed E-state index contributed by atoms with van der Waals surface area (Å²) in [6.07, 6.45) is 2.14. The van der Waals surface area contributed by atoms with E-state index < -0.39 is 68.1 Å². The molecule has 12 nitrogen and oxygen atoms in total. The molecule has 5 atom stereocenters. The zero-order valence-corrected chi connectivity index (χ0v) is 33.3. The van der Waals surface area contributed by atoms with Crippen LogP contribution in [0.2, 0.25) is 5.28 Å². The Morgan fingerprint density at radius 1 is 0.917 bits per heavy atom. The molecule has 1 aliphatic carbocycles. The maximum Gasteiger partial charge on any atom is 0.343 e. The smallest absolute Gasteiger partial charge is 0.343 e. The molecule has 272 valence electrons. The fraction of sp³-hybridized carbons (Fsp3) is 0.812. The van der Waals surface area contributed by atoms with Gasteiger partial charge in [0.2, 0.25) is 5.28 Å². The molecule has 0 aromatic carbocycles. The molecular weight excluding hydrogens is 700 g/mol. The minimum atomic E-state index is -4.14. The summed E-state index contributed by atoms with van der Waals surface area (Å²) in [5.74, 6) is -0.780. The van der Waals surface area contributed by atoms with Gasteiger partial charge >= 0.3 is 15.2 Å². The first-order chi connectivity index (χ1) is 21.9. The highest BCUT2D eigenvalue weighted by Crippen LogP contribution is 2.68. The van der Waals surface area contributed by atoms with E-state index in [1.807, 2.05) is 19.2 Å². The Morgan fingerprint density at radius 2 is 1.48 bits per heavy atom. The third kappa shape index (κ3) is 9.79. The zero-order chi connectivity index (χ0) is 35.5. The van der Waals surface area contributed by atoms with Crippen LogP contribution in [0.5, 0.6) is 0 Å². The van der Waals surface area contributed by atoms with E-state index in [1.165, 1.54) is 24.2 Å². The largest absolute Gasteiger partial charge is 0.366 e. The Kier molecular flexibility index (Phi) is 11.0. The molecule has 2 aromatic heterocycles. The van der Waals surface area contributed by atoms with E-state index in [0.29, 0.717) is 17.4 Å². The van der Waals surface area contributed by atoms with E-state index in [0.717, 1.165) is 23.1 Å². The van der Waals surface area contributed by atoms with Crippen molar-refractivity contribution in [3.05, 3.63) is 16.2 Å². The lowest BCUT2D eigenvalue weighted by atomic mass is 10.0. The molecule has 0 bridgehead atoms. The summed E-state index contributed by atoms with van der Waals surface area (Å²) in [4.78, 5) is 9.13. The first-order valence-corrected chi connectivity index (χ1v) is 21.3. The van der Waals surface area contributed by atoms with Gasteiger partial charge in [-0.15, -0.1) is 11.3 Å². The van der Waals surface area contributed by atoms with Crippen LogP contribution in [-0.4, -0.2) is 69.4 Å². The van der Waals surface area contributed by atoms with Gasteiger partial charge < -0.3 is 37.6 Å². The van der Waals surface area contributed by atoms with Gasteiger partial charge in [-0.05, 0) is 106 Å². The van der Waals surface area contributed by atoms with Crippen LogP contribution in [0.3, 0.4) is 0 Å². The molecular formula is C32H52ClN3O9P2S. The maximum absolute atomic E-state index is 14.6. The number of fused-ring (bicyclic) bond motifs is 2. The van der Waals surface area contributed by atoms with Gasteiger partial charge in [0, 0.05) is 11.6 Å². The number of ether oxygens (including phenoxy) is 3. The molecule has 5 rings (SSSR count). The van der Waals surface area contributed by atoms with Crippen molar-refractivity contribution in [2.24, 2.45) is 0 Å². The molecule has 2 saturated heterocycles. The van der Waals surface area contributed by atoms with Gasteiger partial charge in [0.1, 0.15) is 30.2 Å². The molecule has 1 unspecified atom stereocenters. The van der Waals surface area contributed by atoms with E-state index >= 15 is 0 Å². The highest BCUT2D eigenvalue weighted by molar-refractivity contribution is 7.71. The number of nitrogens with one attached hydrogen (secondary N) is 1. The van der Waals surface area contributed by atoms with Gasteiger partial charge in [0.05, 0.1) is 33.6 Å².